The Balaban J connectivity index is 2.46. The number of hydrogen-bond acceptors (Lipinski definition) is 4. The van der Waals surface area contributed by atoms with Gasteiger partial charge in [0.1, 0.15) is 6.61 Å². The molecule has 0 saturated heterocycles. The number of methoxy groups -OCH3 is 1. The Morgan fingerprint density at radius 1 is 1.83 bits per heavy atom. The van der Waals surface area contributed by atoms with Gasteiger partial charge in [-0.05, 0) is 6.42 Å². The van der Waals surface area contributed by atoms with Gasteiger partial charge in [0.05, 0.1) is 7.11 Å². The van der Waals surface area contributed by atoms with E-state index in [0.29, 0.717) is 12.5 Å². The maximum Gasteiger partial charge on any atom is 0.334 e. The van der Waals surface area contributed by atoms with Crippen LogP contribution in [0.3, 0.4) is 0 Å². The molecule has 0 bridgehead atoms. The second-order valence-electron chi connectivity index (χ2n) is 2.62. The standard InChI is InChI=1S/C8H13NO3/c1-3-4-7-9-6(5-12-7)8(10)11-2/h6H,3-5H2,1-2H3. The average Bonchev–Trinajstić information content (AvgIpc) is 2.52. The van der Waals surface area contributed by atoms with Crippen molar-refractivity contribution in [2.45, 2.75) is 25.8 Å². The molecule has 0 aliphatic carbocycles. The van der Waals surface area contributed by atoms with Crippen LogP contribution in [-0.2, 0) is 14.3 Å². The summed E-state index contributed by atoms with van der Waals surface area (Å²) < 4.78 is 9.71. The first-order valence-corrected chi connectivity index (χ1v) is 4.05. The maximum absolute atomic E-state index is 11.0. The van der Waals surface area contributed by atoms with Gasteiger partial charge in [-0.2, -0.15) is 0 Å². The zero-order valence-corrected chi connectivity index (χ0v) is 7.37. The number of aliphatic imine (C=N–C) groups is 1. The van der Waals surface area contributed by atoms with E-state index >= 15 is 0 Å². The lowest BCUT2D eigenvalue weighted by molar-refractivity contribution is -0.142. The molecule has 1 unspecified atom stereocenters. The van der Waals surface area contributed by atoms with Crippen LogP contribution >= 0.6 is 0 Å². The molecule has 0 amide bonds. The van der Waals surface area contributed by atoms with Crippen LogP contribution in [0.5, 0.6) is 0 Å². The van der Waals surface area contributed by atoms with Crippen LogP contribution in [0.2, 0.25) is 0 Å². The normalized spacial score (nSPS) is 21.5. The van der Waals surface area contributed by atoms with Crippen molar-refractivity contribution in [2.24, 2.45) is 4.99 Å². The molecule has 0 spiro atoms. The van der Waals surface area contributed by atoms with Gasteiger partial charge in [0, 0.05) is 6.42 Å². The Labute approximate surface area is 71.6 Å². The predicted molar refractivity (Wildman–Crippen MR) is 44.1 cm³/mol. The lowest BCUT2D eigenvalue weighted by Crippen LogP contribution is -2.21. The van der Waals surface area contributed by atoms with Crippen molar-refractivity contribution in [1.82, 2.24) is 0 Å². The van der Waals surface area contributed by atoms with Gasteiger partial charge in [-0.25, -0.2) is 9.79 Å². The summed E-state index contributed by atoms with van der Waals surface area (Å²) in [6.45, 7) is 2.37. The maximum atomic E-state index is 11.0. The van der Waals surface area contributed by atoms with Crippen molar-refractivity contribution in [1.29, 1.82) is 0 Å². The summed E-state index contributed by atoms with van der Waals surface area (Å²) in [6, 6.07) is -0.434. The SMILES string of the molecule is CCCC1=NC(C(=O)OC)CO1. The second-order valence-corrected chi connectivity index (χ2v) is 2.62. The fraction of sp³-hybridized carbons (Fsp3) is 0.750. The molecule has 4 heteroatoms. The number of carbonyl (C=O) groups excluding carboxylic acids is 1. The Morgan fingerprint density at radius 3 is 3.17 bits per heavy atom. The van der Waals surface area contributed by atoms with Crippen LogP contribution in [0.1, 0.15) is 19.8 Å². The molecular weight excluding hydrogens is 158 g/mol. The lowest BCUT2D eigenvalue weighted by atomic mass is 10.3. The van der Waals surface area contributed by atoms with E-state index in [9.17, 15) is 4.79 Å². The number of carbonyl (C=O) groups is 1. The zero-order chi connectivity index (χ0) is 8.97. The minimum Gasteiger partial charge on any atom is -0.478 e. The molecule has 0 aromatic heterocycles. The van der Waals surface area contributed by atoms with Gasteiger partial charge in [0.25, 0.3) is 0 Å². The van der Waals surface area contributed by atoms with Crippen LogP contribution in [0.4, 0.5) is 0 Å². The molecule has 1 heterocycles. The molecule has 1 rings (SSSR count). The topological polar surface area (TPSA) is 47.9 Å². The van der Waals surface area contributed by atoms with Crippen LogP contribution in [0.25, 0.3) is 0 Å². The van der Waals surface area contributed by atoms with E-state index in [-0.39, 0.29) is 5.97 Å². The number of hydrogen-bond donors (Lipinski definition) is 0. The molecule has 0 N–H and O–H groups in total. The largest absolute Gasteiger partial charge is 0.478 e. The highest BCUT2D eigenvalue weighted by Crippen LogP contribution is 2.09. The van der Waals surface area contributed by atoms with Crippen molar-refractivity contribution < 1.29 is 14.3 Å². The third-order valence-corrected chi connectivity index (χ3v) is 1.64. The predicted octanol–water partition coefficient (Wildman–Crippen LogP) is 0.757. The Morgan fingerprint density at radius 2 is 2.58 bits per heavy atom. The van der Waals surface area contributed by atoms with E-state index in [2.05, 4.69) is 9.73 Å². The van der Waals surface area contributed by atoms with Gasteiger partial charge in [-0.3, -0.25) is 0 Å². The van der Waals surface area contributed by atoms with Crippen LogP contribution in [0.15, 0.2) is 4.99 Å². The summed E-state index contributed by atoms with van der Waals surface area (Å²) in [5.74, 6) is 0.356. The van der Waals surface area contributed by atoms with Crippen molar-refractivity contribution >= 4 is 11.9 Å². The van der Waals surface area contributed by atoms with Crippen molar-refractivity contribution in [3.63, 3.8) is 0 Å². The van der Waals surface area contributed by atoms with Crippen molar-refractivity contribution in [3.05, 3.63) is 0 Å². The van der Waals surface area contributed by atoms with Crippen LogP contribution in [-0.4, -0.2) is 31.6 Å². The number of ether oxygens (including phenoxy) is 2. The highest BCUT2D eigenvalue weighted by atomic mass is 16.5. The summed E-state index contributed by atoms with van der Waals surface area (Å²) in [4.78, 5) is 15.0. The second kappa shape index (κ2) is 4.09. The number of esters is 1. The molecule has 0 radical (unpaired) electrons. The van der Waals surface area contributed by atoms with Crippen LogP contribution < -0.4 is 0 Å². The molecule has 0 aromatic rings. The Kier molecular flexibility index (Phi) is 3.08. The summed E-state index contributed by atoms with van der Waals surface area (Å²) >= 11 is 0. The summed E-state index contributed by atoms with van der Waals surface area (Å²) in [5.41, 5.74) is 0. The highest BCUT2D eigenvalue weighted by molar-refractivity contribution is 5.85. The fourth-order valence-corrected chi connectivity index (χ4v) is 1.03. The molecule has 12 heavy (non-hydrogen) atoms. The van der Waals surface area contributed by atoms with Gasteiger partial charge >= 0.3 is 5.97 Å². The number of nitrogens with zero attached hydrogens (tertiary/aromatic N) is 1. The first-order chi connectivity index (χ1) is 5.77. The van der Waals surface area contributed by atoms with Gasteiger partial charge in [0.2, 0.25) is 0 Å². The quantitative estimate of drug-likeness (QED) is 0.589. The first kappa shape index (κ1) is 9.03. The molecular formula is C8H13NO3. The van der Waals surface area contributed by atoms with Crippen LogP contribution in [0, 0.1) is 0 Å². The molecule has 1 aliphatic heterocycles. The monoisotopic (exact) mass is 171 g/mol. The third kappa shape index (κ3) is 1.96. The molecule has 0 aromatic carbocycles. The molecule has 0 fully saturated rings. The lowest BCUT2D eigenvalue weighted by Gasteiger charge is -2.00. The minimum atomic E-state index is -0.434. The van der Waals surface area contributed by atoms with Crippen molar-refractivity contribution in [2.75, 3.05) is 13.7 Å². The Hall–Kier alpha value is -1.06. The Bertz CT molecular complexity index is 200. The smallest absolute Gasteiger partial charge is 0.334 e. The van der Waals surface area contributed by atoms with E-state index in [1.165, 1.54) is 7.11 Å². The van der Waals surface area contributed by atoms with E-state index < -0.39 is 6.04 Å². The summed E-state index contributed by atoms with van der Waals surface area (Å²) in [7, 11) is 1.36. The third-order valence-electron chi connectivity index (χ3n) is 1.64. The molecule has 4 nitrogen and oxygen atoms in total. The van der Waals surface area contributed by atoms with E-state index in [4.69, 9.17) is 4.74 Å². The molecule has 1 atom stereocenters. The average molecular weight is 171 g/mol. The summed E-state index contributed by atoms with van der Waals surface area (Å²) in [6.07, 6.45) is 1.78. The van der Waals surface area contributed by atoms with E-state index in [1.807, 2.05) is 6.92 Å². The first-order valence-electron chi connectivity index (χ1n) is 4.05. The van der Waals surface area contributed by atoms with E-state index in [0.717, 1.165) is 12.8 Å². The van der Waals surface area contributed by atoms with Gasteiger partial charge < -0.3 is 9.47 Å². The molecule has 1 aliphatic rings. The van der Waals surface area contributed by atoms with Gasteiger partial charge in [-0.1, -0.05) is 6.92 Å². The minimum absolute atomic E-state index is 0.318. The van der Waals surface area contributed by atoms with Gasteiger partial charge in [-0.15, -0.1) is 0 Å². The van der Waals surface area contributed by atoms with E-state index in [1.54, 1.807) is 0 Å². The number of rotatable bonds is 3. The van der Waals surface area contributed by atoms with Gasteiger partial charge in [0.15, 0.2) is 11.9 Å². The highest BCUT2D eigenvalue weighted by Gasteiger charge is 2.25. The summed E-state index contributed by atoms with van der Waals surface area (Å²) in [5, 5.41) is 0. The van der Waals surface area contributed by atoms with Crippen molar-refractivity contribution in [3.8, 4) is 0 Å². The molecule has 68 valence electrons. The zero-order valence-electron chi connectivity index (χ0n) is 7.37. The fourth-order valence-electron chi connectivity index (χ4n) is 1.03. The molecule has 0 saturated carbocycles.